The minimum atomic E-state index is -0.609. The number of hydrogen-bond acceptors (Lipinski definition) is 2. The number of unbranched alkanes of at least 4 members (excludes halogenated alkanes) is 2. The van der Waals surface area contributed by atoms with Gasteiger partial charge in [0.25, 0.3) is 0 Å². The average Bonchev–Trinajstić information content (AvgIpc) is 2.10. The molecule has 2 atom stereocenters. The van der Waals surface area contributed by atoms with E-state index in [4.69, 9.17) is 5.73 Å². The highest BCUT2D eigenvalue weighted by Gasteiger charge is 2.06. The van der Waals surface area contributed by atoms with Crippen LogP contribution in [-0.2, 0) is 10.8 Å². The first-order valence-corrected chi connectivity index (χ1v) is 6.17. The van der Waals surface area contributed by atoms with Crippen LogP contribution in [-0.4, -0.2) is 21.8 Å². The summed E-state index contributed by atoms with van der Waals surface area (Å²) in [4.78, 5) is 0. The van der Waals surface area contributed by atoms with Crippen molar-refractivity contribution in [3.8, 4) is 0 Å². The van der Waals surface area contributed by atoms with Gasteiger partial charge in [-0.3, -0.25) is 4.21 Å². The van der Waals surface area contributed by atoms with Crippen molar-refractivity contribution in [2.45, 2.75) is 44.8 Å². The van der Waals surface area contributed by atoms with E-state index in [0.29, 0.717) is 5.25 Å². The quantitative estimate of drug-likeness (QED) is 0.622. The Balaban J connectivity index is 3.31. The highest BCUT2D eigenvalue weighted by molar-refractivity contribution is 7.85. The van der Waals surface area contributed by atoms with E-state index >= 15 is 0 Å². The molecule has 0 aliphatic rings. The Bertz CT molecular complexity index is 128. The minimum Gasteiger partial charge on any atom is -0.330 e. The van der Waals surface area contributed by atoms with E-state index in [2.05, 4.69) is 13.8 Å². The third-order valence-corrected chi connectivity index (χ3v) is 4.00. The monoisotopic (exact) mass is 191 g/mol. The van der Waals surface area contributed by atoms with Gasteiger partial charge in [-0.15, -0.1) is 0 Å². The van der Waals surface area contributed by atoms with Gasteiger partial charge in [-0.1, -0.05) is 20.3 Å². The van der Waals surface area contributed by atoms with Crippen molar-refractivity contribution in [3.05, 3.63) is 0 Å². The fourth-order valence-corrected chi connectivity index (χ4v) is 2.22. The van der Waals surface area contributed by atoms with Gasteiger partial charge >= 0.3 is 0 Å². The van der Waals surface area contributed by atoms with Gasteiger partial charge in [-0.25, -0.2) is 0 Å². The fourth-order valence-electron chi connectivity index (χ4n) is 0.953. The van der Waals surface area contributed by atoms with Crippen LogP contribution in [0.15, 0.2) is 0 Å². The molecule has 0 spiro atoms. The Labute approximate surface area is 78.4 Å². The average molecular weight is 191 g/mol. The van der Waals surface area contributed by atoms with Crippen molar-refractivity contribution in [2.24, 2.45) is 5.73 Å². The Morgan fingerprint density at radius 3 is 2.50 bits per heavy atom. The molecule has 0 heterocycles. The Kier molecular flexibility index (Phi) is 7.81. The molecule has 0 saturated carbocycles. The van der Waals surface area contributed by atoms with Crippen LogP contribution in [0.3, 0.4) is 0 Å². The van der Waals surface area contributed by atoms with E-state index in [-0.39, 0.29) is 0 Å². The standard InChI is InChI=1S/C9H21NOS/c1-3-9(2)12(11)8-6-4-5-7-10/h9H,3-8,10H2,1-2H3. The topological polar surface area (TPSA) is 43.1 Å². The van der Waals surface area contributed by atoms with Crippen molar-refractivity contribution < 1.29 is 4.21 Å². The van der Waals surface area contributed by atoms with Gasteiger partial charge in [-0.05, 0) is 25.8 Å². The molecule has 0 aromatic carbocycles. The molecule has 0 fully saturated rings. The molecule has 0 amide bonds. The molecular weight excluding hydrogens is 170 g/mol. The number of hydrogen-bond donors (Lipinski definition) is 1. The molecule has 2 nitrogen and oxygen atoms in total. The molecule has 0 aromatic heterocycles. The first-order valence-electron chi connectivity index (χ1n) is 4.79. The van der Waals surface area contributed by atoms with Gasteiger partial charge < -0.3 is 5.73 Å². The Hall–Kier alpha value is 0.110. The van der Waals surface area contributed by atoms with E-state index in [0.717, 1.165) is 38.0 Å². The predicted octanol–water partition coefficient (Wildman–Crippen LogP) is 1.66. The van der Waals surface area contributed by atoms with Gasteiger partial charge in [-0.2, -0.15) is 0 Å². The van der Waals surface area contributed by atoms with Crippen molar-refractivity contribution in [1.82, 2.24) is 0 Å². The van der Waals surface area contributed by atoms with E-state index in [1.807, 2.05) is 0 Å². The van der Waals surface area contributed by atoms with Crippen LogP contribution < -0.4 is 5.73 Å². The number of rotatable bonds is 7. The van der Waals surface area contributed by atoms with Crippen molar-refractivity contribution in [1.29, 1.82) is 0 Å². The zero-order valence-electron chi connectivity index (χ0n) is 8.21. The molecule has 2 N–H and O–H groups in total. The summed E-state index contributed by atoms with van der Waals surface area (Å²) in [6.45, 7) is 4.90. The van der Waals surface area contributed by atoms with Crippen molar-refractivity contribution in [2.75, 3.05) is 12.3 Å². The van der Waals surface area contributed by atoms with Crippen LogP contribution in [0.4, 0.5) is 0 Å². The van der Waals surface area contributed by atoms with Crippen LogP contribution in [0.25, 0.3) is 0 Å². The summed E-state index contributed by atoms with van der Waals surface area (Å²) < 4.78 is 11.4. The van der Waals surface area contributed by atoms with Crippen molar-refractivity contribution in [3.63, 3.8) is 0 Å². The SMILES string of the molecule is CCC(C)S(=O)CCCCCN. The summed E-state index contributed by atoms with van der Waals surface area (Å²) >= 11 is 0. The van der Waals surface area contributed by atoms with E-state index < -0.39 is 10.8 Å². The molecule has 0 saturated heterocycles. The molecular formula is C9H21NOS. The van der Waals surface area contributed by atoms with Crippen LogP contribution in [0.1, 0.15) is 39.5 Å². The zero-order chi connectivity index (χ0) is 9.40. The maximum absolute atomic E-state index is 11.4. The summed E-state index contributed by atoms with van der Waals surface area (Å²) in [5.74, 6) is 0.856. The van der Waals surface area contributed by atoms with Crippen LogP contribution in [0.2, 0.25) is 0 Å². The summed E-state index contributed by atoms with van der Waals surface area (Å²) in [6, 6.07) is 0. The minimum absolute atomic E-state index is 0.364. The lowest BCUT2D eigenvalue weighted by atomic mass is 10.2. The third kappa shape index (κ3) is 5.72. The smallest absolute Gasteiger partial charge is 0.0317 e. The highest BCUT2D eigenvalue weighted by atomic mass is 32.2. The maximum Gasteiger partial charge on any atom is 0.0317 e. The molecule has 0 rings (SSSR count). The Morgan fingerprint density at radius 1 is 1.33 bits per heavy atom. The highest BCUT2D eigenvalue weighted by Crippen LogP contribution is 2.04. The van der Waals surface area contributed by atoms with Gasteiger partial charge in [0.15, 0.2) is 0 Å². The van der Waals surface area contributed by atoms with Gasteiger partial charge in [0.05, 0.1) is 0 Å². The second-order valence-electron chi connectivity index (χ2n) is 3.15. The van der Waals surface area contributed by atoms with Gasteiger partial charge in [0, 0.05) is 21.8 Å². The molecule has 0 bridgehead atoms. The maximum atomic E-state index is 11.4. The predicted molar refractivity (Wildman–Crippen MR) is 55.7 cm³/mol. The summed E-state index contributed by atoms with van der Waals surface area (Å²) in [7, 11) is -0.609. The van der Waals surface area contributed by atoms with Crippen molar-refractivity contribution >= 4 is 10.8 Å². The Morgan fingerprint density at radius 2 is 2.00 bits per heavy atom. The lowest BCUT2D eigenvalue weighted by Gasteiger charge is -2.07. The first-order chi connectivity index (χ1) is 5.72. The molecule has 2 unspecified atom stereocenters. The lowest BCUT2D eigenvalue weighted by Crippen LogP contribution is -2.12. The van der Waals surface area contributed by atoms with Crippen LogP contribution in [0, 0.1) is 0 Å². The summed E-state index contributed by atoms with van der Waals surface area (Å²) in [6.07, 6.45) is 4.27. The van der Waals surface area contributed by atoms with Crippen LogP contribution >= 0.6 is 0 Å². The van der Waals surface area contributed by atoms with Gasteiger partial charge in [0.1, 0.15) is 0 Å². The van der Waals surface area contributed by atoms with E-state index in [1.54, 1.807) is 0 Å². The summed E-state index contributed by atoms with van der Waals surface area (Å²) in [5, 5.41) is 0.364. The lowest BCUT2D eigenvalue weighted by molar-refractivity contribution is 0.660. The molecule has 0 aliphatic carbocycles. The van der Waals surface area contributed by atoms with E-state index in [9.17, 15) is 4.21 Å². The largest absolute Gasteiger partial charge is 0.330 e. The molecule has 3 heteroatoms. The van der Waals surface area contributed by atoms with Gasteiger partial charge in [0.2, 0.25) is 0 Å². The second-order valence-corrected chi connectivity index (χ2v) is 5.13. The molecule has 74 valence electrons. The second kappa shape index (κ2) is 7.74. The third-order valence-electron chi connectivity index (χ3n) is 2.07. The van der Waals surface area contributed by atoms with E-state index in [1.165, 1.54) is 0 Å². The molecule has 0 radical (unpaired) electrons. The normalized spacial score (nSPS) is 15.9. The first kappa shape index (κ1) is 12.1. The fraction of sp³-hybridized carbons (Fsp3) is 1.00. The molecule has 0 aromatic rings. The van der Waals surface area contributed by atoms with Crippen LogP contribution in [0.5, 0.6) is 0 Å². The molecule has 0 aliphatic heterocycles. The zero-order valence-corrected chi connectivity index (χ0v) is 9.03. The summed E-state index contributed by atoms with van der Waals surface area (Å²) in [5.41, 5.74) is 5.36. The number of nitrogens with two attached hydrogens (primary N) is 1. The molecule has 12 heavy (non-hydrogen) atoms.